The molecule has 0 unspecified atom stereocenters. The van der Waals surface area contributed by atoms with Crippen molar-refractivity contribution in [2.24, 2.45) is 0 Å². The van der Waals surface area contributed by atoms with Crippen molar-refractivity contribution in [1.29, 1.82) is 0 Å². The highest BCUT2D eigenvalue weighted by atomic mass is 16.3. The van der Waals surface area contributed by atoms with E-state index >= 15 is 0 Å². The Kier molecular flexibility index (Phi) is 4.66. The lowest BCUT2D eigenvalue weighted by molar-refractivity contribution is 0.670. The van der Waals surface area contributed by atoms with Crippen molar-refractivity contribution in [2.75, 3.05) is 4.81 Å². The topological polar surface area (TPSA) is 21.3 Å². The van der Waals surface area contributed by atoms with E-state index in [4.69, 9.17) is 4.42 Å². The molecule has 0 saturated carbocycles. The first-order valence-electron chi connectivity index (χ1n) is 15.9. The molecule has 4 heterocycles. The third kappa shape index (κ3) is 3.03. The second-order valence-electron chi connectivity index (χ2n) is 12.5. The molecule has 4 heteroatoms. The third-order valence-electron chi connectivity index (χ3n) is 10.2. The van der Waals surface area contributed by atoms with Gasteiger partial charge in [0.05, 0.1) is 16.7 Å². The van der Waals surface area contributed by atoms with Gasteiger partial charge in [-0.2, -0.15) is 0 Å². The molecule has 9 aromatic rings. The zero-order valence-electron chi connectivity index (χ0n) is 24.8. The molecule has 2 aliphatic heterocycles. The highest BCUT2D eigenvalue weighted by Crippen LogP contribution is 2.50. The summed E-state index contributed by atoms with van der Waals surface area (Å²) in [7, 11) is 0. The number of aromatic nitrogens is 1. The van der Waals surface area contributed by atoms with E-state index in [0.717, 1.165) is 33.3 Å². The molecule has 0 saturated heterocycles. The van der Waals surface area contributed by atoms with Crippen LogP contribution in [0.3, 0.4) is 0 Å². The summed E-state index contributed by atoms with van der Waals surface area (Å²) in [4.78, 5) is 2.54. The molecule has 0 atom stereocenters. The minimum atomic E-state index is 0.0408. The molecule has 0 bridgehead atoms. The van der Waals surface area contributed by atoms with E-state index in [1.54, 1.807) is 0 Å². The molecule has 7 aromatic carbocycles. The maximum Gasteiger partial charge on any atom is 0.329 e. The Morgan fingerprint density at radius 2 is 1.13 bits per heavy atom. The van der Waals surface area contributed by atoms with Crippen LogP contribution in [0, 0.1) is 0 Å². The van der Waals surface area contributed by atoms with Crippen molar-refractivity contribution in [3.8, 4) is 27.9 Å². The van der Waals surface area contributed by atoms with Crippen molar-refractivity contribution in [3.63, 3.8) is 0 Å². The van der Waals surface area contributed by atoms with Crippen LogP contribution >= 0.6 is 0 Å². The van der Waals surface area contributed by atoms with Crippen molar-refractivity contribution in [1.82, 2.24) is 4.57 Å². The van der Waals surface area contributed by atoms with Gasteiger partial charge in [-0.05, 0) is 64.5 Å². The Morgan fingerprint density at radius 1 is 0.457 bits per heavy atom. The Labute approximate surface area is 265 Å². The summed E-state index contributed by atoms with van der Waals surface area (Å²) >= 11 is 0. The van der Waals surface area contributed by atoms with Gasteiger partial charge >= 0.3 is 6.85 Å². The summed E-state index contributed by atoms with van der Waals surface area (Å²) in [6.45, 7) is 0.0408. The van der Waals surface area contributed by atoms with Gasteiger partial charge in [0, 0.05) is 44.0 Å². The molecular formula is C42H25BN2O. The number of anilines is 2. The Morgan fingerprint density at radius 3 is 1.96 bits per heavy atom. The van der Waals surface area contributed by atoms with Gasteiger partial charge in [-0.15, -0.1) is 0 Å². The van der Waals surface area contributed by atoms with Crippen LogP contribution in [0.25, 0.3) is 71.7 Å². The maximum atomic E-state index is 7.04. The van der Waals surface area contributed by atoms with Crippen LogP contribution in [0.2, 0.25) is 0 Å². The first-order chi connectivity index (χ1) is 22.8. The van der Waals surface area contributed by atoms with Crippen molar-refractivity contribution in [2.45, 2.75) is 0 Å². The number of fused-ring (bicyclic) bond motifs is 18. The lowest BCUT2D eigenvalue weighted by atomic mass is 9.43. The van der Waals surface area contributed by atoms with Gasteiger partial charge < -0.3 is 13.8 Å². The second-order valence-corrected chi connectivity index (χ2v) is 12.5. The van der Waals surface area contributed by atoms with Gasteiger partial charge in [-0.25, -0.2) is 0 Å². The van der Waals surface area contributed by atoms with Gasteiger partial charge in [-0.1, -0.05) is 109 Å². The van der Waals surface area contributed by atoms with Crippen molar-refractivity contribution in [3.05, 3.63) is 152 Å². The van der Waals surface area contributed by atoms with Crippen LogP contribution in [-0.2, 0) is 0 Å². The Bertz CT molecular complexity index is 2720. The van der Waals surface area contributed by atoms with Crippen LogP contribution in [0.15, 0.2) is 156 Å². The molecule has 2 aliphatic rings. The number of benzene rings is 7. The first kappa shape index (κ1) is 24.3. The number of rotatable bonds is 1. The van der Waals surface area contributed by atoms with Crippen LogP contribution in [0.5, 0.6) is 0 Å². The molecule has 0 N–H and O–H groups in total. The lowest BCUT2D eigenvalue weighted by Crippen LogP contribution is -2.59. The largest absolute Gasteiger partial charge is 0.454 e. The van der Waals surface area contributed by atoms with E-state index in [1.165, 1.54) is 60.7 Å². The van der Waals surface area contributed by atoms with Crippen molar-refractivity contribution < 1.29 is 4.42 Å². The Hall–Kier alpha value is -6.00. The summed E-state index contributed by atoms with van der Waals surface area (Å²) in [5.74, 6) is 0. The fourth-order valence-corrected chi connectivity index (χ4v) is 8.31. The van der Waals surface area contributed by atoms with E-state index in [1.807, 2.05) is 0 Å². The minimum absolute atomic E-state index is 0.0408. The number of hydrogen-bond acceptors (Lipinski definition) is 2. The van der Waals surface area contributed by atoms with Gasteiger partial charge in [0.1, 0.15) is 5.58 Å². The SMILES string of the molecule is c1ccc(-n2c3ccccc3c3cc4oc5c6c(ccc5c4cc32)-c2ccccc2B2c3ccccc3-c3ccccc3N26)cc1. The van der Waals surface area contributed by atoms with Gasteiger partial charge in [0.25, 0.3) is 0 Å². The highest BCUT2D eigenvalue weighted by Gasteiger charge is 2.43. The minimum Gasteiger partial charge on any atom is -0.454 e. The highest BCUT2D eigenvalue weighted by molar-refractivity contribution is 6.92. The second kappa shape index (κ2) is 8.80. The average Bonchev–Trinajstić information content (AvgIpc) is 3.65. The fraction of sp³-hybridized carbons (Fsp3) is 0. The summed E-state index contributed by atoms with van der Waals surface area (Å²) in [5, 5.41) is 4.68. The maximum absolute atomic E-state index is 7.04. The number of para-hydroxylation sites is 3. The molecule has 0 radical (unpaired) electrons. The molecule has 0 aliphatic carbocycles. The number of nitrogens with zero attached hydrogens (tertiary/aromatic N) is 2. The van der Waals surface area contributed by atoms with Crippen LogP contribution in [0.1, 0.15) is 0 Å². The molecular weight excluding hydrogens is 559 g/mol. The van der Waals surface area contributed by atoms with Gasteiger partial charge in [0.15, 0.2) is 5.58 Å². The average molecular weight is 584 g/mol. The molecule has 3 nitrogen and oxygen atoms in total. The third-order valence-corrected chi connectivity index (χ3v) is 10.2. The number of furan rings is 1. The zero-order valence-corrected chi connectivity index (χ0v) is 24.8. The first-order valence-corrected chi connectivity index (χ1v) is 15.9. The van der Waals surface area contributed by atoms with E-state index in [0.29, 0.717) is 0 Å². The molecule has 46 heavy (non-hydrogen) atoms. The summed E-state index contributed by atoms with van der Waals surface area (Å²) < 4.78 is 9.42. The standard InChI is InChI=1S/C42H25BN2O/c1-2-12-26(13-3-1)44-37-20-10-6-17-30(37)33-25-40-34(24-39(33)44)32-23-22-31-28-15-5-9-19-36(28)43-35-18-8-4-14-27(35)29-16-7-11-21-38(29)45(43)41(31)42(32)46-40/h1-25H. The van der Waals surface area contributed by atoms with Crippen molar-refractivity contribution >= 4 is 72.9 Å². The van der Waals surface area contributed by atoms with Crippen LogP contribution in [0.4, 0.5) is 11.4 Å². The molecule has 11 rings (SSSR count). The zero-order chi connectivity index (χ0) is 29.9. The molecule has 2 aromatic heterocycles. The predicted molar refractivity (Wildman–Crippen MR) is 193 cm³/mol. The number of hydrogen-bond donors (Lipinski definition) is 0. The van der Waals surface area contributed by atoms with E-state index < -0.39 is 0 Å². The van der Waals surface area contributed by atoms with E-state index in [-0.39, 0.29) is 6.85 Å². The summed E-state index contributed by atoms with van der Waals surface area (Å²) in [6, 6.07) is 55.1. The normalized spacial score (nSPS) is 13.1. The van der Waals surface area contributed by atoms with Gasteiger partial charge in [0.2, 0.25) is 0 Å². The van der Waals surface area contributed by atoms with Gasteiger partial charge in [-0.3, -0.25) is 0 Å². The smallest absolute Gasteiger partial charge is 0.329 e. The lowest BCUT2D eigenvalue weighted by Gasteiger charge is -2.43. The predicted octanol–water partition coefficient (Wildman–Crippen LogP) is 9.59. The van der Waals surface area contributed by atoms with E-state index in [9.17, 15) is 0 Å². The summed E-state index contributed by atoms with van der Waals surface area (Å²) in [6.07, 6.45) is 0. The molecule has 212 valence electrons. The van der Waals surface area contributed by atoms with Crippen LogP contribution in [-0.4, -0.2) is 11.4 Å². The monoisotopic (exact) mass is 584 g/mol. The van der Waals surface area contributed by atoms with E-state index in [2.05, 4.69) is 161 Å². The van der Waals surface area contributed by atoms with Crippen LogP contribution < -0.4 is 15.7 Å². The summed E-state index contributed by atoms with van der Waals surface area (Å²) in [5.41, 5.74) is 15.4. The molecule has 0 amide bonds. The molecule has 0 spiro atoms. The quantitative estimate of drug-likeness (QED) is 0.179. The Balaban J connectivity index is 1.27. The fourth-order valence-electron chi connectivity index (χ4n) is 8.31. The molecule has 0 fully saturated rings.